The fourth-order valence-electron chi connectivity index (χ4n) is 5.87. The SMILES string of the molecule is NC(=O)CC[C@H](N)C(=O)[N+]1(C(=O)Cc2ccc(OCc3ccccc3)cc2OCc2ccccc2)CCN(Cc2ccccc2)CC1. The standard InChI is InChI=1S/C38H42N4O5/c39-34(18-19-36(40)43)38(45)42(22-20-41(21-23-42)26-29-10-4-1-5-11-29)37(44)24-32-16-17-33(46-27-30-12-6-2-7-13-30)25-35(32)47-28-31-14-8-3-9-15-31/h1-17,25,34H,18-24,26-28,39H2,(H-,40,43)/p+1/t34-/m0/s1. The van der Waals surface area contributed by atoms with Gasteiger partial charge in [-0.2, -0.15) is 4.48 Å². The molecule has 1 aliphatic heterocycles. The average Bonchev–Trinajstić information content (AvgIpc) is 3.11. The Morgan fingerprint density at radius 2 is 1.30 bits per heavy atom. The number of hydrogen-bond acceptors (Lipinski definition) is 7. The van der Waals surface area contributed by atoms with Crippen LogP contribution in [0.5, 0.6) is 11.5 Å². The Hall–Kier alpha value is -4.83. The van der Waals surface area contributed by atoms with Gasteiger partial charge in [0.15, 0.2) is 0 Å². The molecule has 244 valence electrons. The van der Waals surface area contributed by atoms with Crippen molar-refractivity contribution < 1.29 is 28.3 Å². The number of primary amides is 1. The van der Waals surface area contributed by atoms with Crippen LogP contribution in [0.2, 0.25) is 0 Å². The van der Waals surface area contributed by atoms with Crippen LogP contribution in [0.4, 0.5) is 0 Å². The maximum absolute atomic E-state index is 14.4. The second-order valence-corrected chi connectivity index (χ2v) is 12.0. The number of hydrogen-bond donors (Lipinski definition) is 2. The van der Waals surface area contributed by atoms with Crippen LogP contribution in [0, 0.1) is 0 Å². The number of piperazine rings is 1. The van der Waals surface area contributed by atoms with E-state index in [0.717, 1.165) is 23.2 Å². The maximum atomic E-state index is 14.4. The van der Waals surface area contributed by atoms with Crippen molar-refractivity contribution in [3.63, 3.8) is 0 Å². The quantitative estimate of drug-likeness (QED) is 0.197. The third-order valence-corrected chi connectivity index (χ3v) is 8.63. The molecule has 1 aliphatic rings. The molecular formula is C38H43N4O5+. The van der Waals surface area contributed by atoms with Crippen molar-refractivity contribution in [1.29, 1.82) is 0 Å². The van der Waals surface area contributed by atoms with Gasteiger partial charge in [-0.15, -0.1) is 0 Å². The highest BCUT2D eigenvalue weighted by Crippen LogP contribution is 2.29. The van der Waals surface area contributed by atoms with E-state index in [0.29, 0.717) is 43.4 Å². The molecule has 1 heterocycles. The number of ether oxygens (including phenoxy) is 2. The summed E-state index contributed by atoms with van der Waals surface area (Å²) in [6.45, 7) is 3.06. The molecule has 1 atom stereocenters. The van der Waals surface area contributed by atoms with Gasteiger partial charge in [-0.05, 0) is 29.2 Å². The van der Waals surface area contributed by atoms with Crippen molar-refractivity contribution in [1.82, 2.24) is 4.90 Å². The summed E-state index contributed by atoms with van der Waals surface area (Å²) in [5, 5.41) is 0. The number of quaternary nitrogens is 1. The van der Waals surface area contributed by atoms with E-state index in [1.54, 1.807) is 6.07 Å². The Bertz CT molecular complexity index is 1620. The van der Waals surface area contributed by atoms with E-state index < -0.39 is 16.4 Å². The molecule has 4 aromatic rings. The Kier molecular flexibility index (Phi) is 11.5. The highest BCUT2D eigenvalue weighted by Gasteiger charge is 2.48. The van der Waals surface area contributed by atoms with Crippen LogP contribution in [0.15, 0.2) is 109 Å². The van der Waals surface area contributed by atoms with Crippen LogP contribution in [0.1, 0.15) is 35.1 Å². The molecule has 9 nitrogen and oxygen atoms in total. The molecule has 1 saturated heterocycles. The molecule has 0 aliphatic carbocycles. The Morgan fingerprint density at radius 3 is 1.87 bits per heavy atom. The molecule has 0 unspecified atom stereocenters. The zero-order chi connectivity index (χ0) is 33.1. The van der Waals surface area contributed by atoms with Crippen molar-refractivity contribution in [2.45, 2.75) is 45.1 Å². The Morgan fingerprint density at radius 1 is 0.745 bits per heavy atom. The van der Waals surface area contributed by atoms with E-state index >= 15 is 0 Å². The minimum absolute atomic E-state index is 0.0247. The molecule has 4 N–H and O–H groups in total. The number of benzene rings is 4. The zero-order valence-corrected chi connectivity index (χ0v) is 26.6. The van der Waals surface area contributed by atoms with Gasteiger partial charge in [0.25, 0.3) is 0 Å². The molecule has 4 aromatic carbocycles. The first-order valence-electron chi connectivity index (χ1n) is 16.0. The van der Waals surface area contributed by atoms with Crippen molar-refractivity contribution in [3.05, 3.63) is 131 Å². The summed E-state index contributed by atoms with van der Waals surface area (Å²) >= 11 is 0. The number of amides is 3. The fourth-order valence-corrected chi connectivity index (χ4v) is 5.87. The molecule has 0 saturated carbocycles. The van der Waals surface area contributed by atoms with Gasteiger partial charge in [-0.1, -0.05) is 97.1 Å². The van der Waals surface area contributed by atoms with Gasteiger partial charge in [0.2, 0.25) is 5.91 Å². The lowest BCUT2D eigenvalue weighted by molar-refractivity contribution is -0.786. The average molecular weight is 636 g/mol. The number of imide groups is 1. The molecule has 0 radical (unpaired) electrons. The van der Waals surface area contributed by atoms with Crippen LogP contribution in [-0.4, -0.2) is 59.3 Å². The predicted octanol–water partition coefficient (Wildman–Crippen LogP) is 4.37. The van der Waals surface area contributed by atoms with E-state index in [-0.39, 0.29) is 44.2 Å². The number of carbonyl (C=O) groups excluding carboxylic acids is 3. The molecule has 0 bridgehead atoms. The molecule has 47 heavy (non-hydrogen) atoms. The van der Waals surface area contributed by atoms with Gasteiger partial charge in [-0.25, -0.2) is 9.59 Å². The smallest absolute Gasteiger partial charge is 0.337 e. The van der Waals surface area contributed by atoms with E-state index in [2.05, 4.69) is 17.0 Å². The summed E-state index contributed by atoms with van der Waals surface area (Å²) in [7, 11) is 0. The Balaban J connectivity index is 1.37. The van der Waals surface area contributed by atoms with Gasteiger partial charge in [0.05, 0.1) is 6.42 Å². The third-order valence-electron chi connectivity index (χ3n) is 8.63. The highest BCUT2D eigenvalue weighted by molar-refractivity contribution is 5.89. The summed E-state index contributed by atoms with van der Waals surface area (Å²) in [6, 6.07) is 34.2. The molecular weight excluding hydrogens is 592 g/mol. The van der Waals surface area contributed by atoms with Gasteiger partial charge in [0, 0.05) is 37.7 Å². The molecule has 0 aromatic heterocycles. The largest absolute Gasteiger partial charge is 0.489 e. The first kappa shape index (κ1) is 33.5. The summed E-state index contributed by atoms with van der Waals surface area (Å²) in [6.07, 6.45) is 0.0350. The van der Waals surface area contributed by atoms with Gasteiger partial charge in [0.1, 0.15) is 43.8 Å². The number of rotatable bonds is 14. The predicted molar refractivity (Wildman–Crippen MR) is 180 cm³/mol. The van der Waals surface area contributed by atoms with E-state index in [1.807, 2.05) is 91.0 Å². The van der Waals surface area contributed by atoms with Crippen molar-refractivity contribution in [2.24, 2.45) is 11.5 Å². The first-order chi connectivity index (χ1) is 22.8. The molecule has 3 amide bonds. The van der Waals surface area contributed by atoms with Gasteiger partial charge < -0.3 is 20.9 Å². The van der Waals surface area contributed by atoms with Gasteiger partial charge >= 0.3 is 11.8 Å². The van der Waals surface area contributed by atoms with Crippen LogP contribution >= 0.6 is 0 Å². The second-order valence-electron chi connectivity index (χ2n) is 12.0. The fraction of sp³-hybridized carbons (Fsp3) is 0.289. The lowest BCUT2D eigenvalue weighted by Gasteiger charge is -2.41. The highest BCUT2D eigenvalue weighted by atomic mass is 16.5. The Labute approximate surface area is 276 Å². The topological polar surface area (TPSA) is 125 Å². The molecule has 9 heteroatoms. The van der Waals surface area contributed by atoms with Crippen LogP contribution < -0.4 is 20.9 Å². The third kappa shape index (κ3) is 9.13. The lowest BCUT2D eigenvalue weighted by Crippen LogP contribution is -2.68. The first-order valence-corrected chi connectivity index (χ1v) is 16.0. The summed E-state index contributed by atoms with van der Waals surface area (Å²) < 4.78 is 12.0. The zero-order valence-electron chi connectivity index (χ0n) is 26.6. The van der Waals surface area contributed by atoms with Crippen molar-refractivity contribution in [2.75, 3.05) is 26.2 Å². The lowest BCUT2D eigenvalue weighted by atomic mass is 10.0. The monoisotopic (exact) mass is 635 g/mol. The minimum atomic E-state index is -0.991. The van der Waals surface area contributed by atoms with Crippen molar-refractivity contribution >= 4 is 17.7 Å². The van der Waals surface area contributed by atoms with Crippen molar-refractivity contribution in [3.8, 4) is 11.5 Å². The normalized spacial score (nSPS) is 15.0. The van der Waals surface area contributed by atoms with Crippen LogP contribution in [-0.2, 0) is 40.6 Å². The summed E-state index contributed by atoms with van der Waals surface area (Å²) in [5.74, 6) is -0.0552. The molecule has 5 rings (SSSR count). The number of nitrogens with zero attached hydrogens (tertiary/aromatic N) is 2. The van der Waals surface area contributed by atoms with E-state index in [1.165, 1.54) is 0 Å². The maximum Gasteiger partial charge on any atom is 0.337 e. The van der Waals surface area contributed by atoms with E-state index in [9.17, 15) is 14.4 Å². The van der Waals surface area contributed by atoms with Gasteiger partial charge in [-0.3, -0.25) is 9.69 Å². The number of nitrogens with two attached hydrogens (primary N) is 2. The van der Waals surface area contributed by atoms with Crippen LogP contribution in [0.3, 0.4) is 0 Å². The van der Waals surface area contributed by atoms with Crippen LogP contribution in [0.25, 0.3) is 0 Å². The van der Waals surface area contributed by atoms with E-state index in [4.69, 9.17) is 20.9 Å². The molecule has 1 fully saturated rings. The summed E-state index contributed by atoms with van der Waals surface area (Å²) in [5.41, 5.74) is 15.5. The minimum Gasteiger partial charge on any atom is -0.489 e. The molecule has 0 spiro atoms. The second kappa shape index (κ2) is 16.1. The summed E-state index contributed by atoms with van der Waals surface area (Å²) in [4.78, 5) is 42.1. The number of carbonyl (C=O) groups is 3.